The standard InChI is InChI=1S/C14H17BrN2OS/c1-10(7-12-5-4-6-19-12)17(3)14(18)13-8-11(15)9-16(13)2/h4-6,8-10H,7H2,1-3H3. The van der Waals surface area contributed by atoms with E-state index in [2.05, 4.69) is 34.3 Å². The maximum absolute atomic E-state index is 12.4. The molecule has 0 spiro atoms. The number of amides is 1. The fourth-order valence-corrected chi connectivity index (χ4v) is 3.32. The predicted molar refractivity (Wildman–Crippen MR) is 82.7 cm³/mol. The fraction of sp³-hybridized carbons (Fsp3) is 0.357. The molecule has 0 aromatic carbocycles. The van der Waals surface area contributed by atoms with Crippen LogP contribution in [0.25, 0.3) is 0 Å². The summed E-state index contributed by atoms with van der Waals surface area (Å²) in [5.41, 5.74) is 0.701. The molecule has 2 aromatic rings. The zero-order valence-electron chi connectivity index (χ0n) is 11.3. The Morgan fingerprint density at radius 2 is 2.32 bits per heavy atom. The molecular weight excluding hydrogens is 324 g/mol. The first-order chi connectivity index (χ1) is 8.99. The molecule has 0 saturated heterocycles. The Morgan fingerprint density at radius 3 is 2.84 bits per heavy atom. The molecule has 0 fully saturated rings. The lowest BCUT2D eigenvalue weighted by Gasteiger charge is -2.24. The van der Waals surface area contributed by atoms with Crippen molar-refractivity contribution in [1.29, 1.82) is 0 Å². The number of thiophene rings is 1. The lowest BCUT2D eigenvalue weighted by molar-refractivity contribution is 0.0734. The molecule has 19 heavy (non-hydrogen) atoms. The third kappa shape index (κ3) is 3.28. The normalized spacial score (nSPS) is 12.4. The first kappa shape index (κ1) is 14.3. The van der Waals surface area contributed by atoms with Gasteiger partial charge in [0.05, 0.1) is 0 Å². The van der Waals surface area contributed by atoms with Crippen LogP contribution in [-0.2, 0) is 13.5 Å². The van der Waals surface area contributed by atoms with Crippen molar-refractivity contribution in [2.24, 2.45) is 7.05 Å². The van der Waals surface area contributed by atoms with Crippen LogP contribution < -0.4 is 0 Å². The quantitative estimate of drug-likeness (QED) is 0.835. The van der Waals surface area contributed by atoms with Crippen molar-refractivity contribution < 1.29 is 4.79 Å². The van der Waals surface area contributed by atoms with E-state index in [-0.39, 0.29) is 11.9 Å². The zero-order chi connectivity index (χ0) is 14.0. The number of likely N-dealkylation sites (N-methyl/N-ethyl adjacent to an activating group) is 1. The van der Waals surface area contributed by atoms with Crippen molar-refractivity contribution in [3.63, 3.8) is 0 Å². The molecule has 2 heterocycles. The highest BCUT2D eigenvalue weighted by Crippen LogP contribution is 2.18. The van der Waals surface area contributed by atoms with E-state index in [1.165, 1.54) is 4.88 Å². The SMILES string of the molecule is CC(Cc1cccs1)N(C)C(=O)c1cc(Br)cn1C. The topological polar surface area (TPSA) is 25.2 Å². The monoisotopic (exact) mass is 340 g/mol. The molecule has 0 N–H and O–H groups in total. The lowest BCUT2D eigenvalue weighted by Crippen LogP contribution is -2.37. The average molecular weight is 341 g/mol. The molecular formula is C14H17BrN2OS. The molecule has 2 aromatic heterocycles. The maximum Gasteiger partial charge on any atom is 0.270 e. The Labute approximate surface area is 126 Å². The summed E-state index contributed by atoms with van der Waals surface area (Å²) in [6.07, 6.45) is 2.79. The van der Waals surface area contributed by atoms with Gasteiger partial charge >= 0.3 is 0 Å². The number of carbonyl (C=O) groups excluding carboxylic acids is 1. The Morgan fingerprint density at radius 1 is 1.58 bits per heavy atom. The van der Waals surface area contributed by atoms with E-state index >= 15 is 0 Å². The van der Waals surface area contributed by atoms with Gasteiger partial charge in [0.25, 0.3) is 5.91 Å². The molecule has 0 aliphatic rings. The Bertz CT molecular complexity index is 562. The van der Waals surface area contributed by atoms with Crippen LogP contribution in [0.15, 0.2) is 34.2 Å². The Kier molecular flexibility index (Phi) is 4.47. The van der Waals surface area contributed by atoms with Crippen molar-refractivity contribution in [1.82, 2.24) is 9.47 Å². The molecule has 0 saturated carbocycles. The number of nitrogens with zero attached hydrogens (tertiary/aromatic N) is 2. The van der Waals surface area contributed by atoms with Gasteiger partial charge in [0.2, 0.25) is 0 Å². The van der Waals surface area contributed by atoms with Gasteiger partial charge in [-0.05, 0) is 40.4 Å². The third-order valence-electron chi connectivity index (χ3n) is 3.25. The highest BCUT2D eigenvalue weighted by Gasteiger charge is 2.20. The molecule has 102 valence electrons. The van der Waals surface area contributed by atoms with E-state index in [9.17, 15) is 4.79 Å². The minimum atomic E-state index is 0.0530. The maximum atomic E-state index is 12.4. The molecule has 0 radical (unpaired) electrons. The van der Waals surface area contributed by atoms with Gasteiger partial charge in [-0.15, -0.1) is 11.3 Å². The van der Waals surface area contributed by atoms with Gasteiger partial charge in [0.15, 0.2) is 0 Å². The third-order valence-corrected chi connectivity index (χ3v) is 4.58. The van der Waals surface area contributed by atoms with E-state index in [1.807, 2.05) is 41.9 Å². The number of hydrogen-bond donors (Lipinski definition) is 0. The summed E-state index contributed by atoms with van der Waals surface area (Å²) in [4.78, 5) is 15.5. The van der Waals surface area contributed by atoms with Crippen molar-refractivity contribution in [3.8, 4) is 0 Å². The van der Waals surface area contributed by atoms with E-state index in [4.69, 9.17) is 0 Å². The Hall–Kier alpha value is -1.07. The molecule has 0 bridgehead atoms. The van der Waals surface area contributed by atoms with Crippen LogP contribution in [0.4, 0.5) is 0 Å². The molecule has 1 atom stereocenters. The fourth-order valence-electron chi connectivity index (χ4n) is 1.97. The van der Waals surface area contributed by atoms with Gasteiger partial charge in [0.1, 0.15) is 5.69 Å². The van der Waals surface area contributed by atoms with Crippen LogP contribution in [0.3, 0.4) is 0 Å². The molecule has 1 amide bonds. The second kappa shape index (κ2) is 5.92. The number of halogens is 1. The number of hydrogen-bond acceptors (Lipinski definition) is 2. The lowest BCUT2D eigenvalue weighted by atomic mass is 10.2. The van der Waals surface area contributed by atoms with Crippen LogP contribution >= 0.6 is 27.3 Å². The summed E-state index contributed by atoms with van der Waals surface area (Å²) < 4.78 is 2.78. The molecule has 0 aliphatic heterocycles. The number of carbonyl (C=O) groups is 1. The van der Waals surface area contributed by atoms with Crippen LogP contribution in [0.1, 0.15) is 22.3 Å². The summed E-state index contributed by atoms with van der Waals surface area (Å²) in [5.74, 6) is 0.0530. The minimum absolute atomic E-state index is 0.0530. The molecule has 0 aliphatic carbocycles. The largest absolute Gasteiger partial charge is 0.345 e. The highest BCUT2D eigenvalue weighted by atomic mass is 79.9. The second-order valence-corrected chi connectivity index (χ2v) is 6.65. The first-order valence-corrected chi connectivity index (χ1v) is 7.77. The summed E-state index contributed by atoms with van der Waals surface area (Å²) in [5, 5.41) is 2.07. The highest BCUT2D eigenvalue weighted by molar-refractivity contribution is 9.10. The van der Waals surface area contributed by atoms with Crippen LogP contribution in [-0.4, -0.2) is 28.5 Å². The minimum Gasteiger partial charge on any atom is -0.345 e. The predicted octanol–water partition coefficient (Wildman–Crippen LogP) is 3.55. The number of rotatable bonds is 4. The summed E-state index contributed by atoms with van der Waals surface area (Å²) in [7, 11) is 3.75. The summed E-state index contributed by atoms with van der Waals surface area (Å²) in [6, 6.07) is 6.19. The second-order valence-electron chi connectivity index (χ2n) is 4.70. The van der Waals surface area contributed by atoms with Crippen molar-refractivity contribution in [3.05, 3.63) is 44.8 Å². The van der Waals surface area contributed by atoms with Crippen LogP contribution in [0, 0.1) is 0 Å². The van der Waals surface area contributed by atoms with Crippen molar-refractivity contribution in [2.75, 3.05) is 7.05 Å². The van der Waals surface area contributed by atoms with Crippen LogP contribution in [0.5, 0.6) is 0 Å². The van der Waals surface area contributed by atoms with Gasteiger partial charge in [-0.3, -0.25) is 4.79 Å². The summed E-state index contributed by atoms with van der Waals surface area (Å²) >= 11 is 5.13. The van der Waals surface area contributed by atoms with Crippen LogP contribution in [0.2, 0.25) is 0 Å². The van der Waals surface area contributed by atoms with E-state index < -0.39 is 0 Å². The molecule has 5 heteroatoms. The Balaban J connectivity index is 2.08. The van der Waals surface area contributed by atoms with Gasteiger partial charge in [0, 0.05) is 42.1 Å². The smallest absolute Gasteiger partial charge is 0.270 e. The van der Waals surface area contributed by atoms with Gasteiger partial charge < -0.3 is 9.47 Å². The molecule has 1 unspecified atom stereocenters. The van der Waals surface area contributed by atoms with Gasteiger partial charge in [-0.25, -0.2) is 0 Å². The van der Waals surface area contributed by atoms with Gasteiger partial charge in [-0.1, -0.05) is 6.07 Å². The first-order valence-electron chi connectivity index (χ1n) is 6.10. The molecule has 2 rings (SSSR count). The zero-order valence-corrected chi connectivity index (χ0v) is 13.7. The summed E-state index contributed by atoms with van der Waals surface area (Å²) in [6.45, 7) is 2.08. The number of aryl methyl sites for hydroxylation is 1. The van der Waals surface area contributed by atoms with E-state index in [1.54, 1.807) is 11.3 Å². The van der Waals surface area contributed by atoms with E-state index in [0.717, 1.165) is 10.9 Å². The van der Waals surface area contributed by atoms with E-state index in [0.29, 0.717) is 5.69 Å². The average Bonchev–Trinajstić information content (AvgIpc) is 2.97. The molecule has 3 nitrogen and oxygen atoms in total. The van der Waals surface area contributed by atoms with Gasteiger partial charge in [-0.2, -0.15) is 0 Å². The number of aromatic nitrogens is 1. The van der Waals surface area contributed by atoms with Crippen molar-refractivity contribution in [2.45, 2.75) is 19.4 Å². The van der Waals surface area contributed by atoms with Crippen molar-refractivity contribution >= 4 is 33.2 Å².